The minimum Gasteiger partial charge on any atom is -0.486 e. The van der Waals surface area contributed by atoms with Crippen molar-refractivity contribution < 1.29 is 14.3 Å². The number of benzene rings is 2. The van der Waals surface area contributed by atoms with E-state index in [0.717, 1.165) is 11.1 Å². The van der Waals surface area contributed by atoms with Gasteiger partial charge < -0.3 is 19.4 Å². The topological polar surface area (TPSA) is 82.5 Å². The van der Waals surface area contributed by atoms with E-state index in [1.807, 2.05) is 55.6 Å². The summed E-state index contributed by atoms with van der Waals surface area (Å²) in [5.41, 5.74) is 2.16. The first-order valence-electron chi connectivity index (χ1n) is 10.1. The van der Waals surface area contributed by atoms with Crippen LogP contribution in [0.5, 0.6) is 11.5 Å². The van der Waals surface area contributed by atoms with Gasteiger partial charge in [0.2, 0.25) is 5.91 Å². The number of nitrogens with one attached hydrogen (secondary N) is 1. The molecule has 0 saturated heterocycles. The number of thioether (sulfide) groups is 1. The fraction of sp³-hybridized carbons (Fsp3) is 0.261. The molecule has 0 saturated carbocycles. The van der Waals surface area contributed by atoms with Crippen LogP contribution >= 0.6 is 11.8 Å². The Morgan fingerprint density at radius 3 is 2.68 bits per heavy atom. The Morgan fingerprint density at radius 1 is 1.10 bits per heavy atom. The molecule has 1 amide bonds. The van der Waals surface area contributed by atoms with E-state index in [1.54, 1.807) is 4.57 Å². The standard InChI is InChI=1S/C23H21N3O4S/c1-26-21-20(22(28)25-23(26)31-13-14-5-3-2-4-6-14)16(12-19(27)24-21)15-7-8-17-18(11-15)30-10-9-29-17/h2-8,11,16H,9-10,12-13H2,1H3,(H,24,27). The molecule has 0 radical (unpaired) electrons. The Hall–Kier alpha value is -3.26. The van der Waals surface area contributed by atoms with E-state index in [1.165, 1.54) is 11.8 Å². The monoisotopic (exact) mass is 435 g/mol. The van der Waals surface area contributed by atoms with Crippen LogP contribution in [0.3, 0.4) is 0 Å². The van der Waals surface area contributed by atoms with E-state index >= 15 is 0 Å². The molecule has 1 unspecified atom stereocenters. The molecule has 0 bridgehead atoms. The number of hydrogen-bond acceptors (Lipinski definition) is 6. The van der Waals surface area contributed by atoms with Gasteiger partial charge in [0.15, 0.2) is 16.7 Å². The maximum Gasteiger partial charge on any atom is 0.279 e. The zero-order chi connectivity index (χ0) is 21.4. The largest absolute Gasteiger partial charge is 0.486 e. The summed E-state index contributed by atoms with van der Waals surface area (Å²) in [7, 11) is 1.82. The van der Waals surface area contributed by atoms with Gasteiger partial charge in [-0.05, 0) is 23.3 Å². The average molecular weight is 436 g/mol. The predicted molar refractivity (Wildman–Crippen MR) is 118 cm³/mol. The molecule has 2 aromatic carbocycles. The van der Waals surface area contributed by atoms with Gasteiger partial charge in [0.25, 0.3) is 5.56 Å². The second-order valence-electron chi connectivity index (χ2n) is 7.50. The first-order chi connectivity index (χ1) is 15.1. The SMILES string of the molecule is Cn1c(SCc2ccccc2)nc(=O)c2c1NC(=O)CC2c1ccc2c(c1)OCCO2. The number of ether oxygens (including phenoxy) is 2. The Kier molecular flexibility index (Phi) is 5.15. The number of fused-ring (bicyclic) bond motifs is 2. The number of hydrogen-bond donors (Lipinski definition) is 1. The Labute approximate surface area is 183 Å². The average Bonchev–Trinajstić information content (AvgIpc) is 2.80. The van der Waals surface area contributed by atoms with Crippen molar-refractivity contribution in [2.75, 3.05) is 18.5 Å². The minimum absolute atomic E-state index is 0.132. The number of anilines is 1. The number of carbonyl (C=O) groups excluding carboxylic acids is 1. The van der Waals surface area contributed by atoms with Crippen molar-refractivity contribution >= 4 is 23.5 Å². The van der Waals surface area contributed by atoms with Crippen LogP contribution in [0.15, 0.2) is 58.5 Å². The van der Waals surface area contributed by atoms with Crippen molar-refractivity contribution in [3.63, 3.8) is 0 Å². The zero-order valence-corrected chi connectivity index (χ0v) is 17.8. The van der Waals surface area contributed by atoms with E-state index < -0.39 is 0 Å². The third-order valence-corrected chi connectivity index (χ3v) is 6.58. The highest BCUT2D eigenvalue weighted by Crippen LogP contribution is 2.40. The second-order valence-corrected chi connectivity index (χ2v) is 8.45. The molecule has 0 spiro atoms. The molecule has 8 heteroatoms. The van der Waals surface area contributed by atoms with Crippen LogP contribution in [-0.2, 0) is 17.6 Å². The van der Waals surface area contributed by atoms with E-state index in [2.05, 4.69) is 10.3 Å². The van der Waals surface area contributed by atoms with Gasteiger partial charge in [-0.1, -0.05) is 48.2 Å². The maximum atomic E-state index is 13.1. The first-order valence-corrected chi connectivity index (χ1v) is 11.1. The zero-order valence-electron chi connectivity index (χ0n) is 17.0. The number of nitrogens with zero attached hydrogens (tertiary/aromatic N) is 2. The highest BCUT2D eigenvalue weighted by molar-refractivity contribution is 7.98. The van der Waals surface area contributed by atoms with Gasteiger partial charge >= 0.3 is 0 Å². The van der Waals surface area contributed by atoms with Gasteiger partial charge in [-0.15, -0.1) is 0 Å². The molecule has 1 atom stereocenters. The molecule has 1 aromatic heterocycles. The van der Waals surface area contributed by atoms with Crippen molar-refractivity contribution in [1.29, 1.82) is 0 Å². The molecule has 31 heavy (non-hydrogen) atoms. The maximum absolute atomic E-state index is 13.1. The van der Waals surface area contributed by atoms with Crippen molar-refractivity contribution in [2.24, 2.45) is 7.05 Å². The first kappa shape index (κ1) is 19.7. The van der Waals surface area contributed by atoms with Crippen LogP contribution in [-0.4, -0.2) is 28.7 Å². The summed E-state index contributed by atoms with van der Waals surface area (Å²) in [5.74, 6) is 1.97. The third-order valence-electron chi connectivity index (χ3n) is 5.48. The van der Waals surface area contributed by atoms with Gasteiger partial charge in [-0.2, -0.15) is 4.98 Å². The summed E-state index contributed by atoms with van der Waals surface area (Å²) in [5, 5.41) is 3.45. The van der Waals surface area contributed by atoms with E-state index in [4.69, 9.17) is 9.47 Å². The molecule has 1 N–H and O–H groups in total. The van der Waals surface area contributed by atoms with Crippen molar-refractivity contribution in [3.8, 4) is 11.5 Å². The van der Waals surface area contributed by atoms with Crippen LogP contribution in [0.2, 0.25) is 0 Å². The molecule has 2 aliphatic rings. The number of carbonyl (C=O) groups is 1. The molecule has 3 heterocycles. The van der Waals surface area contributed by atoms with E-state index in [0.29, 0.717) is 47.0 Å². The number of amides is 1. The van der Waals surface area contributed by atoms with E-state index in [-0.39, 0.29) is 23.8 Å². The van der Waals surface area contributed by atoms with Gasteiger partial charge in [0.05, 0.1) is 5.56 Å². The van der Waals surface area contributed by atoms with Crippen molar-refractivity contribution in [3.05, 3.63) is 75.6 Å². The van der Waals surface area contributed by atoms with Gasteiger partial charge in [-0.25, -0.2) is 0 Å². The summed E-state index contributed by atoms with van der Waals surface area (Å²) < 4.78 is 13.1. The molecule has 7 nitrogen and oxygen atoms in total. The molecular formula is C23H21N3O4S. The van der Waals surface area contributed by atoms with Crippen molar-refractivity contribution in [2.45, 2.75) is 23.2 Å². The van der Waals surface area contributed by atoms with Crippen LogP contribution in [0.1, 0.15) is 29.0 Å². The summed E-state index contributed by atoms with van der Waals surface area (Å²) in [4.78, 5) is 30.0. The molecule has 0 fully saturated rings. The molecular weight excluding hydrogens is 414 g/mol. The fourth-order valence-electron chi connectivity index (χ4n) is 3.95. The third kappa shape index (κ3) is 3.79. The number of aromatic nitrogens is 2. The predicted octanol–water partition coefficient (Wildman–Crippen LogP) is 3.32. The minimum atomic E-state index is -0.390. The van der Waals surface area contributed by atoms with E-state index in [9.17, 15) is 9.59 Å². The molecule has 0 aliphatic carbocycles. The Balaban J connectivity index is 1.52. The summed E-state index contributed by atoms with van der Waals surface area (Å²) in [6, 6.07) is 15.6. The highest BCUT2D eigenvalue weighted by atomic mass is 32.2. The Morgan fingerprint density at radius 2 is 1.87 bits per heavy atom. The molecule has 3 aromatic rings. The Bertz CT molecular complexity index is 1210. The van der Waals surface area contributed by atoms with Crippen LogP contribution < -0.4 is 20.3 Å². The molecule has 158 valence electrons. The smallest absolute Gasteiger partial charge is 0.279 e. The quantitative estimate of drug-likeness (QED) is 0.500. The van der Waals surface area contributed by atoms with Crippen LogP contribution in [0.4, 0.5) is 5.82 Å². The fourth-order valence-corrected chi connectivity index (χ4v) is 4.87. The summed E-state index contributed by atoms with van der Waals surface area (Å²) in [6.07, 6.45) is 0.181. The van der Waals surface area contributed by atoms with Gasteiger partial charge in [0.1, 0.15) is 19.0 Å². The van der Waals surface area contributed by atoms with Crippen LogP contribution in [0.25, 0.3) is 0 Å². The number of rotatable bonds is 4. The normalized spacial score (nSPS) is 17.1. The lowest BCUT2D eigenvalue weighted by atomic mass is 9.86. The lowest BCUT2D eigenvalue weighted by Gasteiger charge is -2.28. The highest BCUT2D eigenvalue weighted by Gasteiger charge is 2.32. The summed E-state index contributed by atoms with van der Waals surface area (Å²) in [6.45, 7) is 0.985. The molecule has 5 rings (SSSR count). The van der Waals surface area contributed by atoms with Gasteiger partial charge in [0, 0.05) is 25.1 Å². The summed E-state index contributed by atoms with van der Waals surface area (Å²) >= 11 is 1.47. The lowest BCUT2D eigenvalue weighted by Crippen LogP contribution is -2.33. The lowest BCUT2D eigenvalue weighted by molar-refractivity contribution is -0.116. The van der Waals surface area contributed by atoms with Crippen molar-refractivity contribution in [1.82, 2.24) is 9.55 Å². The second kappa shape index (κ2) is 8.11. The van der Waals surface area contributed by atoms with Crippen LogP contribution in [0, 0.1) is 0 Å². The van der Waals surface area contributed by atoms with Gasteiger partial charge in [-0.3, -0.25) is 9.59 Å². The molecule has 2 aliphatic heterocycles.